The first-order valence-electron chi connectivity index (χ1n) is 4.22. The molecule has 4 nitrogen and oxygen atoms in total. The van der Waals surface area contributed by atoms with Crippen molar-refractivity contribution in [1.82, 2.24) is 20.2 Å². The Morgan fingerprint density at radius 2 is 2.43 bits per heavy atom. The van der Waals surface area contributed by atoms with Gasteiger partial charge >= 0.3 is 0 Å². The normalized spacial score (nSPS) is 10.6. The molecule has 0 N–H and O–H groups in total. The summed E-state index contributed by atoms with van der Waals surface area (Å²) in [6, 6.07) is 2.11. The Labute approximate surface area is 90.5 Å². The number of hydrogen-bond donors (Lipinski definition) is 0. The highest BCUT2D eigenvalue weighted by Crippen LogP contribution is 2.08. The van der Waals surface area contributed by atoms with Crippen molar-refractivity contribution in [3.63, 3.8) is 0 Å². The second kappa shape index (κ2) is 4.52. The van der Waals surface area contributed by atoms with Gasteiger partial charge in [0.15, 0.2) is 5.82 Å². The Balaban J connectivity index is 1.98. The predicted octanol–water partition coefficient (Wildman–Crippen LogP) is 1.72. The molecule has 2 aromatic rings. The Hall–Kier alpha value is -0.940. The molecular weight excluding hydrogens is 220 g/mol. The molecule has 2 rings (SSSR count). The maximum absolute atomic E-state index is 5.67. The van der Waals surface area contributed by atoms with Gasteiger partial charge in [0.05, 0.1) is 5.88 Å². The lowest BCUT2D eigenvalue weighted by Gasteiger charge is -2.00. The van der Waals surface area contributed by atoms with Crippen molar-refractivity contribution in [2.24, 2.45) is 0 Å². The molecule has 0 unspecified atom stereocenters. The van der Waals surface area contributed by atoms with E-state index in [1.807, 2.05) is 0 Å². The lowest BCUT2D eigenvalue weighted by molar-refractivity contribution is 0.574. The van der Waals surface area contributed by atoms with E-state index in [-0.39, 0.29) is 0 Å². The van der Waals surface area contributed by atoms with Crippen LogP contribution in [0.1, 0.15) is 11.4 Å². The highest BCUT2D eigenvalue weighted by atomic mass is 35.5. The standard InChI is InChI=1S/C8H9ClN4S/c9-5-8-10-11-12-13(8)3-1-7-2-4-14-6-7/h2,4,6H,1,3,5H2. The first kappa shape index (κ1) is 9.61. The third kappa shape index (κ3) is 2.10. The summed E-state index contributed by atoms with van der Waals surface area (Å²) in [5.74, 6) is 1.08. The second-order valence-electron chi connectivity index (χ2n) is 2.83. The lowest BCUT2D eigenvalue weighted by Crippen LogP contribution is -2.06. The van der Waals surface area contributed by atoms with Crippen LogP contribution in [0.25, 0.3) is 0 Å². The van der Waals surface area contributed by atoms with Crippen LogP contribution in [0, 0.1) is 0 Å². The third-order valence-corrected chi connectivity index (χ3v) is 2.89. The van der Waals surface area contributed by atoms with Gasteiger partial charge in [0.2, 0.25) is 0 Å². The van der Waals surface area contributed by atoms with Crippen LogP contribution < -0.4 is 0 Å². The van der Waals surface area contributed by atoms with Crippen LogP contribution in [0.15, 0.2) is 16.8 Å². The van der Waals surface area contributed by atoms with Gasteiger partial charge in [-0.05, 0) is 39.2 Å². The molecule has 74 valence electrons. The fraction of sp³-hybridized carbons (Fsp3) is 0.375. The van der Waals surface area contributed by atoms with Gasteiger partial charge in [0.1, 0.15) is 0 Å². The summed E-state index contributed by atoms with van der Waals surface area (Å²) in [5.41, 5.74) is 1.31. The van der Waals surface area contributed by atoms with Gasteiger partial charge in [-0.1, -0.05) is 0 Å². The molecule has 0 bridgehead atoms. The van der Waals surface area contributed by atoms with E-state index < -0.39 is 0 Å². The molecule has 0 aliphatic carbocycles. The summed E-state index contributed by atoms with van der Waals surface area (Å²) >= 11 is 7.37. The fourth-order valence-electron chi connectivity index (χ4n) is 1.16. The molecule has 0 amide bonds. The average molecular weight is 229 g/mol. The van der Waals surface area contributed by atoms with Crippen molar-refractivity contribution < 1.29 is 0 Å². The van der Waals surface area contributed by atoms with Crippen molar-refractivity contribution in [3.8, 4) is 0 Å². The number of tetrazole rings is 1. The van der Waals surface area contributed by atoms with E-state index >= 15 is 0 Å². The first-order valence-corrected chi connectivity index (χ1v) is 5.70. The van der Waals surface area contributed by atoms with Crippen LogP contribution in [-0.4, -0.2) is 20.2 Å². The minimum atomic E-state index is 0.358. The Bertz CT molecular complexity index is 384. The van der Waals surface area contributed by atoms with E-state index in [0.29, 0.717) is 5.88 Å². The molecule has 0 spiro atoms. The number of rotatable bonds is 4. The monoisotopic (exact) mass is 228 g/mol. The summed E-state index contributed by atoms with van der Waals surface area (Å²) in [6.45, 7) is 0.784. The second-order valence-corrected chi connectivity index (χ2v) is 3.88. The number of aryl methyl sites for hydroxylation is 2. The van der Waals surface area contributed by atoms with Crippen molar-refractivity contribution >= 4 is 22.9 Å². The van der Waals surface area contributed by atoms with Crippen LogP contribution in [0.3, 0.4) is 0 Å². The average Bonchev–Trinajstić information content (AvgIpc) is 2.85. The van der Waals surface area contributed by atoms with Crippen LogP contribution >= 0.6 is 22.9 Å². The molecule has 0 atom stereocenters. The Kier molecular flexibility index (Phi) is 3.10. The maximum Gasteiger partial charge on any atom is 0.166 e. The Morgan fingerprint density at radius 3 is 3.14 bits per heavy atom. The summed E-state index contributed by atoms with van der Waals surface area (Å²) in [6.07, 6.45) is 0.943. The summed E-state index contributed by atoms with van der Waals surface area (Å²) < 4.78 is 1.74. The van der Waals surface area contributed by atoms with Crippen LogP contribution in [0.5, 0.6) is 0 Å². The van der Waals surface area contributed by atoms with E-state index in [1.165, 1.54) is 5.56 Å². The van der Waals surface area contributed by atoms with Gasteiger partial charge in [0, 0.05) is 6.54 Å². The summed E-state index contributed by atoms with van der Waals surface area (Å²) in [4.78, 5) is 0. The summed E-state index contributed by atoms with van der Waals surface area (Å²) in [5, 5.41) is 15.4. The number of alkyl halides is 1. The molecule has 0 aromatic carbocycles. The lowest BCUT2D eigenvalue weighted by atomic mass is 10.2. The first-order chi connectivity index (χ1) is 6.90. The molecule has 0 aliphatic rings. The van der Waals surface area contributed by atoms with E-state index in [4.69, 9.17) is 11.6 Å². The molecule has 2 aromatic heterocycles. The minimum Gasteiger partial charge on any atom is -0.228 e. The van der Waals surface area contributed by atoms with Gasteiger partial charge in [-0.3, -0.25) is 0 Å². The predicted molar refractivity (Wildman–Crippen MR) is 55.4 cm³/mol. The van der Waals surface area contributed by atoms with E-state index in [1.54, 1.807) is 16.0 Å². The SMILES string of the molecule is ClCc1nnnn1CCc1ccsc1. The van der Waals surface area contributed by atoms with Gasteiger partial charge in [-0.25, -0.2) is 4.68 Å². The van der Waals surface area contributed by atoms with Gasteiger partial charge < -0.3 is 0 Å². The number of nitrogens with zero attached hydrogens (tertiary/aromatic N) is 4. The number of halogens is 1. The van der Waals surface area contributed by atoms with Crippen molar-refractivity contribution in [2.45, 2.75) is 18.8 Å². The smallest absolute Gasteiger partial charge is 0.166 e. The van der Waals surface area contributed by atoms with Crippen LogP contribution in [0.4, 0.5) is 0 Å². The van der Waals surface area contributed by atoms with E-state index in [0.717, 1.165) is 18.8 Å². The van der Waals surface area contributed by atoms with Gasteiger partial charge in [0.25, 0.3) is 0 Å². The molecule has 6 heteroatoms. The highest BCUT2D eigenvalue weighted by Gasteiger charge is 2.03. The van der Waals surface area contributed by atoms with Crippen molar-refractivity contribution in [3.05, 3.63) is 28.2 Å². The largest absolute Gasteiger partial charge is 0.228 e. The topological polar surface area (TPSA) is 43.6 Å². The highest BCUT2D eigenvalue weighted by molar-refractivity contribution is 7.07. The van der Waals surface area contributed by atoms with Crippen molar-refractivity contribution in [2.75, 3.05) is 0 Å². The van der Waals surface area contributed by atoms with Crippen LogP contribution in [-0.2, 0) is 18.8 Å². The molecule has 0 fully saturated rings. The third-order valence-electron chi connectivity index (χ3n) is 1.92. The van der Waals surface area contributed by atoms with E-state index in [2.05, 4.69) is 32.4 Å². The van der Waals surface area contributed by atoms with Crippen LogP contribution in [0.2, 0.25) is 0 Å². The quantitative estimate of drug-likeness (QED) is 0.749. The minimum absolute atomic E-state index is 0.358. The van der Waals surface area contributed by atoms with Crippen molar-refractivity contribution in [1.29, 1.82) is 0 Å². The number of thiophene rings is 1. The van der Waals surface area contributed by atoms with Gasteiger partial charge in [-0.15, -0.1) is 16.7 Å². The zero-order valence-corrected chi connectivity index (χ0v) is 9.00. The molecule has 2 heterocycles. The Morgan fingerprint density at radius 1 is 1.50 bits per heavy atom. The summed E-state index contributed by atoms with van der Waals surface area (Å²) in [7, 11) is 0. The number of hydrogen-bond acceptors (Lipinski definition) is 4. The molecule has 14 heavy (non-hydrogen) atoms. The molecular formula is C8H9ClN4S. The molecule has 0 aliphatic heterocycles. The molecule has 0 saturated carbocycles. The zero-order chi connectivity index (χ0) is 9.80. The number of aromatic nitrogens is 4. The molecule has 0 radical (unpaired) electrons. The zero-order valence-electron chi connectivity index (χ0n) is 7.43. The maximum atomic E-state index is 5.67. The van der Waals surface area contributed by atoms with Gasteiger partial charge in [-0.2, -0.15) is 11.3 Å². The fourth-order valence-corrected chi connectivity index (χ4v) is 2.06. The van der Waals surface area contributed by atoms with E-state index in [9.17, 15) is 0 Å². The molecule has 0 saturated heterocycles.